The van der Waals surface area contributed by atoms with Crippen LogP contribution in [0.1, 0.15) is 40.2 Å². The maximum Gasteiger partial charge on any atom is 0.257 e. The number of aromatic nitrogens is 2. The van der Waals surface area contributed by atoms with Crippen LogP contribution in [0.5, 0.6) is 0 Å². The van der Waals surface area contributed by atoms with Crippen LogP contribution in [0.3, 0.4) is 0 Å². The number of likely N-dealkylation sites (tertiary alicyclic amines) is 1. The van der Waals surface area contributed by atoms with Gasteiger partial charge in [0.15, 0.2) is 0 Å². The first-order valence-corrected chi connectivity index (χ1v) is 11.2. The second-order valence-electron chi connectivity index (χ2n) is 7.68. The Morgan fingerprint density at radius 3 is 2.64 bits per heavy atom. The van der Waals surface area contributed by atoms with E-state index in [0.717, 1.165) is 23.4 Å². The molecular weight excluding hydrogens is 376 g/mol. The number of aryl methyl sites for hydroxylation is 2. The molecule has 2 aliphatic heterocycles. The summed E-state index contributed by atoms with van der Waals surface area (Å²) in [5.74, 6) is -0.121. The first kappa shape index (κ1) is 19.0. The van der Waals surface area contributed by atoms with Gasteiger partial charge in [0.25, 0.3) is 5.91 Å². The fraction of sp³-hybridized carbons (Fsp3) is 0.500. The van der Waals surface area contributed by atoms with Crippen molar-refractivity contribution >= 4 is 21.6 Å². The van der Waals surface area contributed by atoms with Crippen molar-refractivity contribution in [2.75, 3.05) is 23.9 Å². The molecule has 2 aliphatic rings. The number of nitrogens with zero attached hydrogens (tertiary/aromatic N) is 4. The van der Waals surface area contributed by atoms with Crippen molar-refractivity contribution in [2.24, 2.45) is 7.05 Å². The van der Waals surface area contributed by atoms with Gasteiger partial charge in [-0.25, -0.2) is 8.42 Å². The van der Waals surface area contributed by atoms with Gasteiger partial charge in [-0.15, -0.1) is 0 Å². The largest absolute Gasteiger partial charge is 0.337 e. The van der Waals surface area contributed by atoms with Gasteiger partial charge in [-0.05, 0) is 44.7 Å². The van der Waals surface area contributed by atoms with Gasteiger partial charge < -0.3 is 4.90 Å². The summed E-state index contributed by atoms with van der Waals surface area (Å²) in [6.45, 7) is 4.97. The zero-order chi connectivity index (χ0) is 20.1. The van der Waals surface area contributed by atoms with Crippen LogP contribution in [0.2, 0.25) is 0 Å². The van der Waals surface area contributed by atoms with Crippen LogP contribution in [0.15, 0.2) is 24.3 Å². The second-order valence-corrected chi connectivity index (χ2v) is 9.82. The number of hydrogen-bond acceptors (Lipinski definition) is 4. The number of para-hydroxylation sites is 1. The molecule has 1 amide bonds. The molecule has 1 atom stereocenters. The van der Waals surface area contributed by atoms with Gasteiger partial charge in [0.1, 0.15) is 0 Å². The zero-order valence-electron chi connectivity index (χ0n) is 16.6. The van der Waals surface area contributed by atoms with E-state index >= 15 is 0 Å². The highest BCUT2D eigenvalue weighted by Crippen LogP contribution is 2.33. The van der Waals surface area contributed by atoms with Crippen molar-refractivity contribution < 1.29 is 13.2 Å². The van der Waals surface area contributed by atoms with Crippen molar-refractivity contribution in [3.8, 4) is 0 Å². The predicted octanol–water partition coefficient (Wildman–Crippen LogP) is 2.03. The van der Waals surface area contributed by atoms with Crippen LogP contribution in [0, 0.1) is 13.8 Å². The Hall–Kier alpha value is -2.35. The molecule has 8 heteroatoms. The maximum absolute atomic E-state index is 13.4. The average Bonchev–Trinajstić information content (AvgIpc) is 3.22. The number of piperidine rings is 1. The van der Waals surface area contributed by atoms with Crippen molar-refractivity contribution in [2.45, 2.75) is 38.4 Å². The van der Waals surface area contributed by atoms with Crippen LogP contribution in [-0.2, 0) is 23.5 Å². The van der Waals surface area contributed by atoms with Crippen LogP contribution < -0.4 is 4.31 Å². The summed E-state index contributed by atoms with van der Waals surface area (Å²) in [7, 11) is -1.71. The van der Waals surface area contributed by atoms with E-state index in [-0.39, 0.29) is 12.5 Å². The highest BCUT2D eigenvalue weighted by molar-refractivity contribution is 7.93. The van der Waals surface area contributed by atoms with Gasteiger partial charge in [0, 0.05) is 32.4 Å². The molecule has 0 radical (unpaired) electrons. The van der Waals surface area contributed by atoms with Gasteiger partial charge in [-0.2, -0.15) is 5.10 Å². The molecule has 1 fully saturated rings. The van der Waals surface area contributed by atoms with Crippen molar-refractivity contribution in [1.29, 1.82) is 0 Å². The first-order valence-electron chi connectivity index (χ1n) is 9.69. The third-order valence-electron chi connectivity index (χ3n) is 5.96. The lowest BCUT2D eigenvalue weighted by Gasteiger charge is -2.35. The summed E-state index contributed by atoms with van der Waals surface area (Å²) in [4.78, 5) is 14.8. The number of sulfonamides is 1. The Morgan fingerprint density at radius 2 is 1.93 bits per heavy atom. The molecule has 0 saturated carbocycles. The Balaban J connectivity index is 1.58. The maximum atomic E-state index is 13.4. The van der Waals surface area contributed by atoms with E-state index in [0.29, 0.717) is 37.2 Å². The molecule has 0 N–H and O–H groups in total. The fourth-order valence-electron chi connectivity index (χ4n) is 4.36. The molecule has 1 aromatic carbocycles. The van der Waals surface area contributed by atoms with E-state index in [2.05, 4.69) is 5.10 Å². The number of carbonyl (C=O) groups excluding carboxylic acids is 1. The Kier molecular flexibility index (Phi) is 4.69. The third kappa shape index (κ3) is 2.99. The van der Waals surface area contributed by atoms with E-state index < -0.39 is 15.3 Å². The minimum absolute atomic E-state index is 0.121. The average molecular weight is 403 g/mol. The number of fused-ring (bicyclic) bond motifs is 1. The molecule has 3 heterocycles. The van der Waals surface area contributed by atoms with Crippen LogP contribution >= 0.6 is 0 Å². The number of rotatable bonds is 3. The number of benzene rings is 1. The molecule has 0 aliphatic carbocycles. The highest BCUT2D eigenvalue weighted by Gasteiger charge is 2.39. The van der Waals surface area contributed by atoms with E-state index in [1.807, 2.05) is 45.2 Å². The lowest BCUT2D eigenvalue weighted by atomic mass is 10.1. The number of anilines is 1. The van der Waals surface area contributed by atoms with Crippen LogP contribution in [0.25, 0.3) is 0 Å². The number of amides is 1. The standard InChI is InChI=1S/C20H26N4O3S/c1-14-19(15(2)22(3)21-14)20(25)23-11-6-8-17(13-23)28(26,27)24-12-10-16-7-4-5-9-18(16)24/h4-5,7,9,17H,6,8,10-13H2,1-3H3/t17-/m0/s1. The summed E-state index contributed by atoms with van der Waals surface area (Å²) in [6, 6.07) is 7.66. The summed E-state index contributed by atoms with van der Waals surface area (Å²) >= 11 is 0. The van der Waals surface area contributed by atoms with Crippen LogP contribution in [-0.4, -0.2) is 53.9 Å². The van der Waals surface area contributed by atoms with E-state index in [4.69, 9.17) is 0 Å². The van der Waals surface area contributed by atoms with Gasteiger partial charge in [-0.1, -0.05) is 18.2 Å². The zero-order valence-corrected chi connectivity index (χ0v) is 17.4. The third-order valence-corrected chi connectivity index (χ3v) is 8.18. The topological polar surface area (TPSA) is 75.5 Å². The SMILES string of the molecule is Cc1nn(C)c(C)c1C(=O)N1CCC[C@H](S(=O)(=O)N2CCc3ccccc32)C1. The Morgan fingerprint density at radius 1 is 1.18 bits per heavy atom. The van der Waals surface area contributed by atoms with Gasteiger partial charge in [-0.3, -0.25) is 13.8 Å². The van der Waals surface area contributed by atoms with Crippen molar-refractivity contribution in [3.63, 3.8) is 0 Å². The molecule has 1 saturated heterocycles. The van der Waals surface area contributed by atoms with Gasteiger partial charge >= 0.3 is 0 Å². The molecule has 0 bridgehead atoms. The smallest absolute Gasteiger partial charge is 0.257 e. The van der Waals surface area contributed by atoms with Crippen molar-refractivity contribution in [1.82, 2.24) is 14.7 Å². The van der Waals surface area contributed by atoms with Gasteiger partial charge in [0.05, 0.1) is 22.2 Å². The normalized spacial score (nSPS) is 19.8. The molecule has 4 rings (SSSR count). The van der Waals surface area contributed by atoms with E-state index in [9.17, 15) is 13.2 Å². The monoisotopic (exact) mass is 402 g/mol. The molecule has 7 nitrogen and oxygen atoms in total. The Bertz CT molecular complexity index is 1030. The molecule has 1 aromatic heterocycles. The summed E-state index contributed by atoms with van der Waals surface area (Å²) < 4.78 is 30.0. The fourth-order valence-corrected chi connectivity index (χ4v) is 6.35. The molecule has 0 spiro atoms. The van der Waals surface area contributed by atoms with E-state index in [1.165, 1.54) is 0 Å². The molecule has 150 valence electrons. The lowest BCUT2D eigenvalue weighted by molar-refractivity contribution is 0.0725. The minimum atomic E-state index is -3.52. The molecule has 0 unspecified atom stereocenters. The lowest BCUT2D eigenvalue weighted by Crippen LogP contribution is -2.49. The molecule has 28 heavy (non-hydrogen) atoms. The van der Waals surface area contributed by atoms with E-state index in [1.54, 1.807) is 13.9 Å². The van der Waals surface area contributed by atoms with Crippen molar-refractivity contribution in [3.05, 3.63) is 46.8 Å². The summed E-state index contributed by atoms with van der Waals surface area (Å²) in [6.07, 6.45) is 2.00. The number of hydrogen-bond donors (Lipinski definition) is 0. The second kappa shape index (κ2) is 6.92. The molecule has 2 aromatic rings. The minimum Gasteiger partial charge on any atom is -0.337 e. The Labute approximate surface area is 166 Å². The summed E-state index contributed by atoms with van der Waals surface area (Å²) in [5, 5.41) is 3.75. The van der Waals surface area contributed by atoms with Crippen LogP contribution in [0.4, 0.5) is 5.69 Å². The predicted molar refractivity (Wildman–Crippen MR) is 108 cm³/mol. The summed E-state index contributed by atoms with van der Waals surface area (Å²) in [5.41, 5.74) is 3.93. The first-order chi connectivity index (χ1) is 13.3. The number of carbonyl (C=O) groups is 1. The van der Waals surface area contributed by atoms with Gasteiger partial charge in [0.2, 0.25) is 10.0 Å². The molecular formula is C20H26N4O3S. The quantitative estimate of drug-likeness (QED) is 0.787. The highest BCUT2D eigenvalue weighted by atomic mass is 32.2.